The van der Waals surface area contributed by atoms with Crippen LogP contribution in [0.2, 0.25) is 0 Å². The van der Waals surface area contributed by atoms with Crippen molar-refractivity contribution >= 4 is 5.91 Å². The predicted octanol–water partition coefficient (Wildman–Crippen LogP) is 1.86. The maximum Gasteiger partial charge on any atom is 0.254 e. The van der Waals surface area contributed by atoms with Crippen molar-refractivity contribution in [2.45, 2.75) is 13.3 Å². The van der Waals surface area contributed by atoms with E-state index in [1.54, 1.807) is 0 Å². The molecule has 4 nitrogen and oxygen atoms in total. The molecule has 1 aromatic carbocycles. The zero-order chi connectivity index (χ0) is 16.8. The lowest BCUT2D eigenvalue weighted by molar-refractivity contribution is 0.0943. The number of halogens is 3. The number of benzene rings is 1. The van der Waals surface area contributed by atoms with Crippen LogP contribution in [-0.4, -0.2) is 61.5 Å². The number of hydrogen-bond acceptors (Lipinski definition) is 3. The Balaban J connectivity index is 1.72. The monoisotopic (exact) mass is 329 g/mol. The molecule has 0 bridgehead atoms. The number of piperazine rings is 1. The normalized spacial score (nSPS) is 16.5. The van der Waals surface area contributed by atoms with Crippen LogP contribution < -0.4 is 5.32 Å². The summed E-state index contributed by atoms with van der Waals surface area (Å²) in [5.74, 6) is -5.09. The molecule has 0 spiro atoms. The van der Waals surface area contributed by atoms with E-state index in [0.29, 0.717) is 6.54 Å². The summed E-state index contributed by atoms with van der Waals surface area (Å²) in [5.41, 5.74) is -0.472. The van der Waals surface area contributed by atoms with Crippen LogP contribution in [0.1, 0.15) is 23.7 Å². The summed E-state index contributed by atoms with van der Waals surface area (Å²) < 4.78 is 39.4. The predicted molar refractivity (Wildman–Crippen MR) is 81.8 cm³/mol. The highest BCUT2D eigenvalue weighted by atomic mass is 19.2. The fraction of sp³-hybridized carbons (Fsp3) is 0.562. The third kappa shape index (κ3) is 4.68. The lowest BCUT2D eigenvalue weighted by atomic mass is 10.2. The van der Waals surface area contributed by atoms with Gasteiger partial charge >= 0.3 is 0 Å². The molecular weight excluding hydrogens is 307 g/mol. The molecule has 0 unspecified atom stereocenters. The highest BCUT2D eigenvalue weighted by molar-refractivity contribution is 5.94. The van der Waals surface area contributed by atoms with E-state index in [-0.39, 0.29) is 0 Å². The lowest BCUT2D eigenvalue weighted by Gasteiger charge is -2.33. The highest BCUT2D eigenvalue weighted by Crippen LogP contribution is 2.15. The molecule has 1 aromatic rings. The lowest BCUT2D eigenvalue weighted by Crippen LogP contribution is -2.46. The van der Waals surface area contributed by atoms with Crippen molar-refractivity contribution in [1.82, 2.24) is 15.1 Å². The number of hydrogen-bond donors (Lipinski definition) is 1. The largest absolute Gasteiger partial charge is 0.352 e. The average Bonchev–Trinajstić information content (AvgIpc) is 2.57. The van der Waals surface area contributed by atoms with Crippen LogP contribution in [0.3, 0.4) is 0 Å². The summed E-state index contributed by atoms with van der Waals surface area (Å²) in [5, 5.41) is 2.54. The molecular formula is C16H22F3N3O. The molecule has 0 radical (unpaired) electrons. The second-order valence-corrected chi connectivity index (χ2v) is 5.61. The molecule has 1 heterocycles. The van der Waals surface area contributed by atoms with Crippen LogP contribution in [0, 0.1) is 17.5 Å². The topological polar surface area (TPSA) is 35.6 Å². The van der Waals surface area contributed by atoms with Crippen LogP contribution >= 0.6 is 0 Å². The van der Waals surface area contributed by atoms with Gasteiger partial charge in [-0.1, -0.05) is 6.92 Å². The minimum atomic E-state index is -1.62. The molecule has 1 aliphatic rings. The second kappa shape index (κ2) is 8.31. The molecule has 1 N–H and O–H groups in total. The first-order valence-corrected chi connectivity index (χ1v) is 7.89. The van der Waals surface area contributed by atoms with Gasteiger partial charge in [0.2, 0.25) is 0 Å². The molecule has 1 aliphatic heterocycles. The van der Waals surface area contributed by atoms with E-state index in [1.165, 1.54) is 0 Å². The van der Waals surface area contributed by atoms with Crippen molar-refractivity contribution in [2.24, 2.45) is 0 Å². The Morgan fingerprint density at radius 1 is 1.09 bits per heavy atom. The van der Waals surface area contributed by atoms with Gasteiger partial charge in [0.05, 0.1) is 5.56 Å². The van der Waals surface area contributed by atoms with Crippen molar-refractivity contribution in [3.8, 4) is 0 Å². The third-order valence-corrected chi connectivity index (χ3v) is 4.13. The smallest absolute Gasteiger partial charge is 0.254 e. The van der Waals surface area contributed by atoms with Crippen molar-refractivity contribution in [3.05, 3.63) is 35.1 Å². The quantitative estimate of drug-likeness (QED) is 0.639. The second-order valence-electron chi connectivity index (χ2n) is 5.61. The molecule has 0 saturated carbocycles. The van der Waals surface area contributed by atoms with E-state index in [0.717, 1.165) is 57.8 Å². The van der Waals surface area contributed by atoms with Gasteiger partial charge in [0.25, 0.3) is 5.91 Å². The molecule has 1 amide bonds. The van der Waals surface area contributed by atoms with Gasteiger partial charge in [-0.3, -0.25) is 4.79 Å². The maximum atomic E-state index is 13.5. The average molecular weight is 329 g/mol. The molecule has 1 saturated heterocycles. The van der Waals surface area contributed by atoms with Crippen molar-refractivity contribution < 1.29 is 18.0 Å². The summed E-state index contributed by atoms with van der Waals surface area (Å²) in [4.78, 5) is 16.5. The molecule has 0 aromatic heterocycles. The van der Waals surface area contributed by atoms with E-state index in [1.807, 2.05) is 0 Å². The van der Waals surface area contributed by atoms with Crippen LogP contribution in [0.25, 0.3) is 0 Å². The zero-order valence-corrected chi connectivity index (χ0v) is 13.2. The number of rotatable bonds is 6. The van der Waals surface area contributed by atoms with Gasteiger partial charge < -0.3 is 15.1 Å². The van der Waals surface area contributed by atoms with Crippen LogP contribution in [0.15, 0.2) is 12.1 Å². The first-order chi connectivity index (χ1) is 11.0. The van der Waals surface area contributed by atoms with Gasteiger partial charge in [-0.05, 0) is 31.6 Å². The van der Waals surface area contributed by atoms with E-state index in [2.05, 4.69) is 22.0 Å². The molecule has 0 atom stereocenters. The Morgan fingerprint density at radius 2 is 1.74 bits per heavy atom. The fourth-order valence-electron chi connectivity index (χ4n) is 2.63. The van der Waals surface area contributed by atoms with E-state index < -0.39 is 28.9 Å². The number of likely N-dealkylation sites (N-methyl/N-ethyl adjacent to an activating group) is 1. The Kier molecular flexibility index (Phi) is 6.41. The van der Waals surface area contributed by atoms with Crippen LogP contribution in [0.4, 0.5) is 13.2 Å². The van der Waals surface area contributed by atoms with E-state index in [4.69, 9.17) is 0 Å². The van der Waals surface area contributed by atoms with Gasteiger partial charge in [0.1, 0.15) is 0 Å². The van der Waals surface area contributed by atoms with E-state index >= 15 is 0 Å². The highest BCUT2D eigenvalue weighted by Gasteiger charge is 2.19. The Hall–Kier alpha value is -1.60. The van der Waals surface area contributed by atoms with Crippen molar-refractivity contribution in [1.29, 1.82) is 0 Å². The summed E-state index contributed by atoms with van der Waals surface area (Å²) in [6.07, 6.45) is 0.725. The molecule has 7 heteroatoms. The SMILES string of the molecule is CCN1CCN(CCCNC(=O)c2ccc(F)c(F)c2F)CC1. The molecule has 0 aliphatic carbocycles. The van der Waals surface area contributed by atoms with Gasteiger partial charge in [-0.15, -0.1) is 0 Å². The van der Waals surface area contributed by atoms with Gasteiger partial charge in [0.15, 0.2) is 17.5 Å². The number of nitrogens with zero attached hydrogens (tertiary/aromatic N) is 2. The minimum absolute atomic E-state index is 0.366. The summed E-state index contributed by atoms with van der Waals surface area (Å²) in [7, 11) is 0. The number of amides is 1. The molecule has 2 rings (SSSR count). The summed E-state index contributed by atoms with van der Waals surface area (Å²) in [6.45, 7) is 8.50. The zero-order valence-electron chi connectivity index (χ0n) is 13.2. The Bertz CT molecular complexity index is 546. The summed E-state index contributed by atoms with van der Waals surface area (Å²) in [6, 6.07) is 1.70. The third-order valence-electron chi connectivity index (χ3n) is 4.13. The van der Waals surface area contributed by atoms with Gasteiger partial charge in [-0.2, -0.15) is 0 Å². The van der Waals surface area contributed by atoms with Crippen molar-refractivity contribution in [3.63, 3.8) is 0 Å². The Morgan fingerprint density at radius 3 is 2.39 bits per heavy atom. The van der Waals surface area contributed by atoms with Crippen LogP contribution in [0.5, 0.6) is 0 Å². The van der Waals surface area contributed by atoms with Gasteiger partial charge in [0, 0.05) is 32.7 Å². The maximum absolute atomic E-state index is 13.5. The molecule has 23 heavy (non-hydrogen) atoms. The molecule has 1 fully saturated rings. The number of carbonyl (C=O) groups is 1. The fourth-order valence-corrected chi connectivity index (χ4v) is 2.63. The first-order valence-electron chi connectivity index (χ1n) is 7.89. The first kappa shape index (κ1) is 17.7. The van der Waals surface area contributed by atoms with Crippen LogP contribution in [-0.2, 0) is 0 Å². The summed E-state index contributed by atoms with van der Waals surface area (Å²) >= 11 is 0. The number of carbonyl (C=O) groups excluding carboxylic acids is 1. The Labute approximate surface area is 134 Å². The number of nitrogens with one attached hydrogen (secondary N) is 1. The van der Waals surface area contributed by atoms with E-state index in [9.17, 15) is 18.0 Å². The standard InChI is InChI=1S/C16H22F3N3O/c1-2-21-8-10-22(11-9-21)7-3-6-20-16(23)12-4-5-13(17)15(19)14(12)18/h4-5H,2-3,6-11H2,1H3,(H,20,23). The minimum Gasteiger partial charge on any atom is -0.352 e. The van der Waals surface area contributed by atoms with Crippen molar-refractivity contribution in [2.75, 3.05) is 45.8 Å². The van der Waals surface area contributed by atoms with Gasteiger partial charge in [-0.25, -0.2) is 13.2 Å². The molecule has 128 valence electrons.